The van der Waals surface area contributed by atoms with E-state index < -0.39 is 0 Å². The zero-order valence-electron chi connectivity index (χ0n) is 13.8. The van der Waals surface area contributed by atoms with Gasteiger partial charge in [-0.2, -0.15) is 0 Å². The molecule has 0 saturated heterocycles. The van der Waals surface area contributed by atoms with Crippen molar-refractivity contribution in [1.82, 2.24) is 4.98 Å². The Bertz CT molecular complexity index is 1040. The van der Waals surface area contributed by atoms with E-state index in [1.54, 1.807) is 23.5 Å². The number of para-hydroxylation sites is 1. The lowest BCUT2D eigenvalue weighted by atomic mass is 10.1. The van der Waals surface area contributed by atoms with Crippen molar-refractivity contribution in [3.05, 3.63) is 83.4 Å². The molecule has 0 bridgehead atoms. The van der Waals surface area contributed by atoms with Gasteiger partial charge in [0.05, 0.1) is 16.6 Å². The molecule has 5 heteroatoms. The molecule has 26 heavy (non-hydrogen) atoms. The molecule has 0 unspecified atom stereocenters. The molecule has 1 N–H and O–H groups in total. The fourth-order valence-electron chi connectivity index (χ4n) is 2.72. The average molecular weight is 379 g/mol. The molecule has 0 radical (unpaired) electrons. The molecule has 0 aliphatic heterocycles. The van der Waals surface area contributed by atoms with Gasteiger partial charge >= 0.3 is 0 Å². The van der Waals surface area contributed by atoms with Crippen LogP contribution >= 0.6 is 22.9 Å². The van der Waals surface area contributed by atoms with Crippen molar-refractivity contribution in [2.45, 2.75) is 6.42 Å². The molecule has 0 aliphatic rings. The first kappa shape index (κ1) is 16.8. The summed E-state index contributed by atoms with van der Waals surface area (Å²) in [6.45, 7) is 0. The Morgan fingerprint density at radius 2 is 1.81 bits per heavy atom. The Hall–Kier alpha value is -2.69. The summed E-state index contributed by atoms with van der Waals surface area (Å²) in [4.78, 5) is 17.0. The molecule has 0 atom stereocenters. The maximum absolute atomic E-state index is 12.3. The number of carbonyl (C=O) groups excluding carboxylic acids is 1. The first-order chi connectivity index (χ1) is 12.7. The minimum atomic E-state index is -0.0613. The van der Waals surface area contributed by atoms with Crippen molar-refractivity contribution < 1.29 is 4.79 Å². The number of rotatable bonds is 4. The lowest BCUT2D eigenvalue weighted by Gasteiger charge is -2.07. The van der Waals surface area contributed by atoms with Crippen LogP contribution in [0.3, 0.4) is 0 Å². The molecule has 4 rings (SSSR count). The van der Waals surface area contributed by atoms with Crippen LogP contribution in [0, 0.1) is 0 Å². The summed E-state index contributed by atoms with van der Waals surface area (Å²) in [6.07, 6.45) is 0.308. The molecule has 4 aromatic rings. The van der Waals surface area contributed by atoms with Gasteiger partial charge in [0.15, 0.2) is 0 Å². The van der Waals surface area contributed by atoms with Crippen LogP contribution in [-0.2, 0) is 11.2 Å². The highest BCUT2D eigenvalue weighted by Gasteiger charge is 2.08. The van der Waals surface area contributed by atoms with Crippen molar-refractivity contribution in [1.29, 1.82) is 0 Å². The highest BCUT2D eigenvalue weighted by molar-refractivity contribution is 7.21. The second-order valence-corrected chi connectivity index (χ2v) is 7.39. The predicted octanol–water partition coefficient (Wildman–Crippen LogP) is 5.80. The van der Waals surface area contributed by atoms with Gasteiger partial charge in [0, 0.05) is 16.3 Å². The lowest BCUT2D eigenvalue weighted by molar-refractivity contribution is -0.115. The number of anilines is 1. The molecule has 1 aromatic heterocycles. The SMILES string of the molecule is O=C(Cc1ccc(Cl)cc1)Nc1cccc(-c2nc3ccccc3s2)c1. The summed E-state index contributed by atoms with van der Waals surface area (Å²) < 4.78 is 1.15. The Morgan fingerprint density at radius 3 is 2.62 bits per heavy atom. The van der Waals surface area contributed by atoms with Crippen LogP contribution in [0.4, 0.5) is 5.69 Å². The van der Waals surface area contributed by atoms with Gasteiger partial charge in [-0.05, 0) is 42.0 Å². The molecule has 0 spiro atoms. The van der Waals surface area contributed by atoms with E-state index in [0.717, 1.165) is 32.0 Å². The number of aromatic nitrogens is 1. The number of nitrogens with zero attached hydrogens (tertiary/aromatic N) is 1. The Balaban J connectivity index is 1.51. The molecule has 0 saturated carbocycles. The Labute approximate surface area is 160 Å². The third kappa shape index (κ3) is 3.77. The molecule has 1 amide bonds. The van der Waals surface area contributed by atoms with Gasteiger partial charge in [0.25, 0.3) is 0 Å². The molecular formula is C21H15ClN2OS. The second kappa shape index (κ2) is 7.28. The van der Waals surface area contributed by atoms with Gasteiger partial charge < -0.3 is 5.32 Å². The topological polar surface area (TPSA) is 42.0 Å². The van der Waals surface area contributed by atoms with Crippen molar-refractivity contribution >= 4 is 44.7 Å². The minimum Gasteiger partial charge on any atom is -0.326 e. The van der Waals surface area contributed by atoms with Crippen LogP contribution in [0.15, 0.2) is 72.8 Å². The summed E-state index contributed by atoms with van der Waals surface area (Å²) in [5.41, 5.74) is 3.68. The number of amides is 1. The fourth-order valence-corrected chi connectivity index (χ4v) is 3.81. The molecular weight excluding hydrogens is 364 g/mol. The van der Waals surface area contributed by atoms with E-state index in [2.05, 4.69) is 16.4 Å². The third-order valence-electron chi connectivity index (χ3n) is 3.97. The highest BCUT2D eigenvalue weighted by atomic mass is 35.5. The first-order valence-electron chi connectivity index (χ1n) is 8.18. The average Bonchev–Trinajstić information content (AvgIpc) is 3.08. The van der Waals surface area contributed by atoms with Crippen molar-refractivity contribution in [2.24, 2.45) is 0 Å². The third-order valence-corrected chi connectivity index (χ3v) is 5.30. The Morgan fingerprint density at radius 1 is 1.00 bits per heavy atom. The number of hydrogen-bond donors (Lipinski definition) is 1. The van der Waals surface area contributed by atoms with Crippen molar-refractivity contribution in [2.75, 3.05) is 5.32 Å². The van der Waals surface area contributed by atoms with Crippen LogP contribution in [0.5, 0.6) is 0 Å². The Kier molecular flexibility index (Phi) is 4.69. The van der Waals surface area contributed by atoms with E-state index in [1.807, 2.05) is 54.6 Å². The number of benzene rings is 3. The second-order valence-electron chi connectivity index (χ2n) is 5.92. The molecule has 3 aromatic carbocycles. The molecule has 3 nitrogen and oxygen atoms in total. The number of hydrogen-bond acceptors (Lipinski definition) is 3. The van der Waals surface area contributed by atoms with E-state index in [9.17, 15) is 4.79 Å². The summed E-state index contributed by atoms with van der Waals surface area (Å²) in [7, 11) is 0. The summed E-state index contributed by atoms with van der Waals surface area (Å²) in [6, 6.07) is 23.1. The number of nitrogens with one attached hydrogen (secondary N) is 1. The molecule has 1 heterocycles. The van der Waals surface area contributed by atoms with E-state index in [1.165, 1.54) is 0 Å². The summed E-state index contributed by atoms with van der Waals surface area (Å²) in [5, 5.41) is 4.56. The van der Waals surface area contributed by atoms with Crippen LogP contribution in [0.25, 0.3) is 20.8 Å². The highest BCUT2D eigenvalue weighted by Crippen LogP contribution is 2.31. The first-order valence-corrected chi connectivity index (χ1v) is 9.37. The maximum atomic E-state index is 12.3. The monoisotopic (exact) mass is 378 g/mol. The largest absolute Gasteiger partial charge is 0.326 e. The van der Waals surface area contributed by atoms with Gasteiger partial charge in [-0.25, -0.2) is 4.98 Å². The van der Waals surface area contributed by atoms with Crippen LogP contribution in [0.1, 0.15) is 5.56 Å². The fraction of sp³-hybridized carbons (Fsp3) is 0.0476. The van der Waals surface area contributed by atoms with Crippen LogP contribution < -0.4 is 5.32 Å². The quantitative estimate of drug-likeness (QED) is 0.487. The zero-order chi connectivity index (χ0) is 17.9. The van der Waals surface area contributed by atoms with Gasteiger partial charge in [-0.15, -0.1) is 11.3 Å². The van der Waals surface area contributed by atoms with Gasteiger partial charge in [0.2, 0.25) is 5.91 Å². The van der Waals surface area contributed by atoms with Crippen LogP contribution in [0.2, 0.25) is 5.02 Å². The van der Waals surface area contributed by atoms with Crippen molar-refractivity contribution in [3.63, 3.8) is 0 Å². The molecule has 0 fully saturated rings. The number of fused-ring (bicyclic) bond motifs is 1. The lowest BCUT2D eigenvalue weighted by Crippen LogP contribution is -2.14. The van der Waals surface area contributed by atoms with Gasteiger partial charge in [0.1, 0.15) is 5.01 Å². The van der Waals surface area contributed by atoms with E-state index in [0.29, 0.717) is 11.4 Å². The maximum Gasteiger partial charge on any atom is 0.228 e. The van der Waals surface area contributed by atoms with Crippen molar-refractivity contribution in [3.8, 4) is 10.6 Å². The molecule has 128 valence electrons. The standard InChI is InChI=1S/C21H15ClN2OS/c22-16-10-8-14(9-11-16)12-20(25)23-17-5-3-4-15(13-17)21-24-18-6-1-2-7-19(18)26-21/h1-11,13H,12H2,(H,23,25). The predicted molar refractivity (Wildman–Crippen MR) is 109 cm³/mol. The number of thiazole rings is 1. The number of halogens is 1. The van der Waals surface area contributed by atoms with Gasteiger partial charge in [-0.1, -0.05) is 48.0 Å². The smallest absolute Gasteiger partial charge is 0.228 e. The van der Waals surface area contributed by atoms with E-state index >= 15 is 0 Å². The summed E-state index contributed by atoms with van der Waals surface area (Å²) >= 11 is 7.52. The normalized spacial score (nSPS) is 10.8. The zero-order valence-corrected chi connectivity index (χ0v) is 15.3. The van der Waals surface area contributed by atoms with E-state index in [-0.39, 0.29) is 5.91 Å². The number of carbonyl (C=O) groups is 1. The summed E-state index contributed by atoms with van der Waals surface area (Å²) in [5.74, 6) is -0.0613. The van der Waals surface area contributed by atoms with Gasteiger partial charge in [-0.3, -0.25) is 4.79 Å². The van der Waals surface area contributed by atoms with Crippen LogP contribution in [-0.4, -0.2) is 10.9 Å². The van der Waals surface area contributed by atoms with E-state index in [4.69, 9.17) is 11.6 Å². The minimum absolute atomic E-state index is 0.0613. The molecule has 0 aliphatic carbocycles.